The highest BCUT2D eigenvalue weighted by Crippen LogP contribution is 2.46. The van der Waals surface area contributed by atoms with Crippen LogP contribution in [0.2, 0.25) is 5.02 Å². The Morgan fingerprint density at radius 1 is 0.959 bits per heavy atom. The van der Waals surface area contributed by atoms with Gasteiger partial charge in [0.15, 0.2) is 0 Å². The predicted molar refractivity (Wildman–Crippen MR) is 179 cm³/mol. The van der Waals surface area contributed by atoms with Crippen LogP contribution < -0.4 is 16.0 Å². The molecule has 274 valence electrons. The molecule has 1 aromatic carbocycles. The summed E-state index contributed by atoms with van der Waals surface area (Å²) >= 11 is 6.04. The molecule has 2 aliphatic rings. The highest BCUT2D eigenvalue weighted by atomic mass is 35.5. The molecule has 1 aliphatic heterocycles. The van der Waals surface area contributed by atoms with Crippen LogP contribution in [0.15, 0.2) is 24.3 Å². The van der Waals surface area contributed by atoms with Gasteiger partial charge in [-0.2, -0.15) is 0 Å². The first-order chi connectivity index (χ1) is 22.5. The Kier molecular flexibility index (Phi) is 12.1. The Bertz CT molecular complexity index is 1390. The molecule has 0 radical (unpaired) electrons. The number of rotatable bonds is 11. The molecule has 14 nitrogen and oxygen atoms in total. The van der Waals surface area contributed by atoms with Crippen LogP contribution in [0, 0.1) is 11.3 Å². The van der Waals surface area contributed by atoms with E-state index in [2.05, 4.69) is 16.0 Å². The van der Waals surface area contributed by atoms with Crippen LogP contribution in [0.3, 0.4) is 0 Å². The fourth-order valence-electron chi connectivity index (χ4n) is 5.53. The number of alkyl carbamates (subject to hydrolysis) is 1. The molecular weight excluding hydrogens is 660 g/mol. The van der Waals surface area contributed by atoms with Crippen molar-refractivity contribution in [3.63, 3.8) is 0 Å². The largest absolute Gasteiger partial charge is 0.511 e. The number of hydrogen-bond donors (Lipinski definition) is 4. The lowest BCUT2D eigenvalue weighted by Crippen LogP contribution is -2.61. The predicted octanol–water partition coefficient (Wildman–Crippen LogP) is 4.60. The maximum Gasteiger partial charge on any atom is 0.511 e. The first kappa shape index (κ1) is 39.7. The summed E-state index contributed by atoms with van der Waals surface area (Å²) in [6.07, 6.45) is -0.906. The number of urea groups is 1. The number of hydrogen-bond acceptors (Lipinski definition) is 10. The second-order valence-electron chi connectivity index (χ2n) is 15.3. The van der Waals surface area contributed by atoms with Crippen LogP contribution in [-0.2, 0) is 34.1 Å². The summed E-state index contributed by atoms with van der Waals surface area (Å²) in [4.78, 5) is 65.0. The monoisotopic (exact) mass is 710 g/mol. The van der Waals surface area contributed by atoms with Crippen molar-refractivity contribution >= 4 is 41.8 Å². The maximum absolute atomic E-state index is 13.7. The minimum absolute atomic E-state index is 0.138. The molecule has 1 heterocycles. The van der Waals surface area contributed by atoms with Crippen LogP contribution in [0.4, 0.5) is 14.4 Å². The lowest BCUT2D eigenvalue weighted by Gasteiger charge is -2.51. The van der Waals surface area contributed by atoms with Gasteiger partial charge in [0.25, 0.3) is 0 Å². The Labute approximate surface area is 292 Å². The zero-order valence-corrected chi connectivity index (χ0v) is 30.6. The first-order valence-corrected chi connectivity index (χ1v) is 16.7. The second-order valence-corrected chi connectivity index (χ2v) is 15.8. The Hall–Kier alpha value is -3.78. The first-order valence-electron chi connectivity index (χ1n) is 16.3. The van der Waals surface area contributed by atoms with Gasteiger partial charge in [0.05, 0.1) is 12.1 Å². The van der Waals surface area contributed by atoms with Crippen molar-refractivity contribution in [3.05, 3.63) is 34.9 Å². The smallest absolute Gasteiger partial charge is 0.444 e. The molecule has 1 aromatic rings. The molecule has 2 unspecified atom stereocenters. The van der Waals surface area contributed by atoms with Crippen molar-refractivity contribution in [3.8, 4) is 0 Å². The van der Waals surface area contributed by atoms with Gasteiger partial charge in [-0.3, -0.25) is 4.79 Å². The summed E-state index contributed by atoms with van der Waals surface area (Å²) in [5.74, 6) is -1.31. The molecule has 0 bridgehead atoms. The molecule has 2 atom stereocenters. The third-order valence-electron chi connectivity index (χ3n) is 8.58. The van der Waals surface area contributed by atoms with E-state index in [0.29, 0.717) is 24.3 Å². The number of carbonyl (C=O) groups excluding carboxylic acids is 5. The van der Waals surface area contributed by atoms with E-state index < -0.39 is 64.8 Å². The Balaban J connectivity index is 1.46. The number of piperidine rings is 1. The number of nitrogens with one attached hydrogen (secondary N) is 3. The van der Waals surface area contributed by atoms with E-state index in [9.17, 15) is 29.1 Å². The third kappa shape index (κ3) is 10.6. The SMILES string of the molecule is CC(C)C(NC(=O)NCC(C)(C)OC(=O)OCOC(=O)C1(NC(=O)OC(C)(C)C)CC1)C(=O)N1CCC(O)(c2ccc(Cl)cc2)C(C)(C)C1. The van der Waals surface area contributed by atoms with Crippen LogP contribution in [0.5, 0.6) is 0 Å². The zero-order chi connectivity index (χ0) is 37.0. The Morgan fingerprint density at radius 2 is 1.57 bits per heavy atom. The summed E-state index contributed by atoms with van der Waals surface area (Å²) in [5.41, 5.74) is -4.38. The lowest BCUT2D eigenvalue weighted by molar-refractivity contribution is -0.158. The van der Waals surface area contributed by atoms with Crippen LogP contribution in [0.1, 0.15) is 87.1 Å². The van der Waals surface area contributed by atoms with Crippen molar-refractivity contribution in [2.45, 2.75) is 110 Å². The summed E-state index contributed by atoms with van der Waals surface area (Å²) < 4.78 is 20.3. The van der Waals surface area contributed by atoms with Gasteiger partial charge < -0.3 is 44.9 Å². The van der Waals surface area contributed by atoms with Gasteiger partial charge in [-0.1, -0.05) is 51.4 Å². The average Bonchev–Trinajstić information content (AvgIpc) is 3.75. The molecular formula is C34H51ClN4O10. The lowest BCUT2D eigenvalue weighted by atomic mass is 9.66. The van der Waals surface area contributed by atoms with Crippen molar-refractivity contribution in [2.75, 3.05) is 26.4 Å². The summed E-state index contributed by atoms with van der Waals surface area (Å²) in [7, 11) is 0. The highest BCUT2D eigenvalue weighted by Gasteiger charge is 2.54. The van der Waals surface area contributed by atoms with E-state index in [-0.39, 0.29) is 31.5 Å². The summed E-state index contributed by atoms with van der Waals surface area (Å²) in [6, 6.07) is 5.54. The Morgan fingerprint density at radius 3 is 2.10 bits per heavy atom. The summed E-state index contributed by atoms with van der Waals surface area (Å²) in [6.45, 7) is 15.2. The van der Waals surface area contributed by atoms with E-state index in [1.54, 1.807) is 49.9 Å². The van der Waals surface area contributed by atoms with Crippen LogP contribution in [-0.4, -0.2) is 89.4 Å². The van der Waals surface area contributed by atoms with E-state index >= 15 is 0 Å². The number of aliphatic hydroxyl groups is 1. The zero-order valence-electron chi connectivity index (χ0n) is 29.9. The standard InChI is InChI=1S/C34H51ClN4O10/c1-21(2)24(25(40)39-17-16-34(45,31(6,7)19-39)22-10-12-23(35)13-11-22)37-27(42)36-18-32(8,9)49-29(44)47-20-46-26(41)33(14-15-33)38-28(43)48-30(3,4)5/h10-13,21,24,45H,14-20H2,1-9H3,(H,38,43)(H2,36,37,42). The normalized spacial score (nSPS) is 20.4. The minimum Gasteiger partial charge on any atom is -0.444 e. The van der Waals surface area contributed by atoms with Crippen molar-refractivity contribution in [1.29, 1.82) is 0 Å². The molecule has 0 aromatic heterocycles. The maximum atomic E-state index is 13.7. The third-order valence-corrected chi connectivity index (χ3v) is 8.84. The molecule has 1 saturated carbocycles. The summed E-state index contributed by atoms with van der Waals surface area (Å²) in [5, 5.41) is 20.1. The van der Waals surface area contributed by atoms with E-state index in [1.165, 1.54) is 13.8 Å². The van der Waals surface area contributed by atoms with Crippen LogP contribution >= 0.6 is 11.6 Å². The fraction of sp³-hybridized carbons (Fsp3) is 0.676. The number of esters is 1. The molecule has 4 N–H and O–H groups in total. The highest BCUT2D eigenvalue weighted by molar-refractivity contribution is 6.30. The molecule has 2 fully saturated rings. The van der Waals surface area contributed by atoms with Gasteiger partial charge in [-0.15, -0.1) is 0 Å². The van der Waals surface area contributed by atoms with Gasteiger partial charge in [0, 0.05) is 23.5 Å². The fourth-order valence-corrected chi connectivity index (χ4v) is 5.66. The molecule has 3 rings (SSSR count). The quantitative estimate of drug-likeness (QED) is 0.144. The van der Waals surface area contributed by atoms with Gasteiger partial charge in [-0.25, -0.2) is 19.2 Å². The van der Waals surface area contributed by atoms with Gasteiger partial charge in [0.2, 0.25) is 12.7 Å². The topological polar surface area (TPSA) is 182 Å². The molecule has 4 amide bonds. The number of halogens is 1. The number of amides is 4. The van der Waals surface area contributed by atoms with Gasteiger partial charge in [0.1, 0.15) is 22.8 Å². The average molecular weight is 711 g/mol. The van der Waals surface area contributed by atoms with Crippen molar-refractivity contribution in [2.24, 2.45) is 11.3 Å². The van der Waals surface area contributed by atoms with E-state index in [4.69, 9.17) is 30.5 Å². The van der Waals surface area contributed by atoms with Crippen LogP contribution in [0.25, 0.3) is 0 Å². The number of benzene rings is 1. The number of likely N-dealkylation sites (tertiary alicyclic amines) is 1. The molecule has 1 aliphatic carbocycles. The molecule has 1 saturated heterocycles. The molecule has 0 spiro atoms. The van der Waals surface area contributed by atoms with Gasteiger partial charge in [-0.05, 0) is 77.5 Å². The van der Waals surface area contributed by atoms with Crippen molar-refractivity contribution < 1.29 is 48.0 Å². The van der Waals surface area contributed by atoms with E-state index in [0.717, 1.165) is 5.56 Å². The molecule has 49 heavy (non-hydrogen) atoms. The molecule has 15 heteroatoms. The number of ether oxygens (including phenoxy) is 4. The van der Waals surface area contributed by atoms with E-state index in [1.807, 2.05) is 27.7 Å². The van der Waals surface area contributed by atoms with Gasteiger partial charge >= 0.3 is 24.2 Å². The number of nitrogens with zero attached hydrogens (tertiary/aromatic N) is 1. The second kappa shape index (κ2) is 15.0. The minimum atomic E-state index is -1.24. The number of carbonyl (C=O) groups is 5. The van der Waals surface area contributed by atoms with Crippen molar-refractivity contribution in [1.82, 2.24) is 20.9 Å².